The summed E-state index contributed by atoms with van der Waals surface area (Å²) in [5.41, 5.74) is 0.562. The predicted octanol–water partition coefficient (Wildman–Crippen LogP) is 1.92. The quantitative estimate of drug-likeness (QED) is 0.659. The number of likely N-dealkylation sites (tertiary alicyclic amines) is 1. The lowest BCUT2D eigenvalue weighted by molar-refractivity contribution is -0.384. The smallest absolute Gasteiger partial charge is 0.333 e. The lowest BCUT2D eigenvalue weighted by Gasteiger charge is -2.32. The second-order valence-corrected chi connectivity index (χ2v) is 5.42. The van der Waals surface area contributed by atoms with E-state index in [2.05, 4.69) is 22.2 Å². The largest absolute Gasteiger partial charge is 0.362 e. The molecule has 1 fully saturated rings. The average Bonchev–Trinajstić information content (AvgIpc) is 2.67. The van der Waals surface area contributed by atoms with E-state index in [0.29, 0.717) is 11.5 Å². The topological polar surface area (TPSA) is 76.2 Å². The Hall–Kier alpha value is -1.63. The van der Waals surface area contributed by atoms with E-state index in [9.17, 15) is 10.1 Å². The van der Waals surface area contributed by atoms with Crippen molar-refractivity contribution in [3.63, 3.8) is 0 Å². The minimum Gasteiger partial charge on any atom is -0.362 e. The van der Waals surface area contributed by atoms with E-state index in [4.69, 9.17) is 0 Å². The van der Waals surface area contributed by atoms with E-state index < -0.39 is 0 Å². The van der Waals surface area contributed by atoms with Gasteiger partial charge in [0.25, 0.3) is 0 Å². The zero-order chi connectivity index (χ0) is 14.7. The molecule has 0 radical (unpaired) electrons. The van der Waals surface area contributed by atoms with Gasteiger partial charge in [0, 0.05) is 26.2 Å². The molecule has 1 aliphatic rings. The van der Waals surface area contributed by atoms with Crippen LogP contribution in [-0.2, 0) is 7.05 Å². The Morgan fingerprint density at radius 1 is 1.45 bits per heavy atom. The van der Waals surface area contributed by atoms with Crippen molar-refractivity contribution in [1.29, 1.82) is 0 Å². The maximum absolute atomic E-state index is 11.1. The van der Waals surface area contributed by atoms with Gasteiger partial charge < -0.3 is 10.2 Å². The molecule has 0 amide bonds. The maximum atomic E-state index is 11.1. The van der Waals surface area contributed by atoms with Crippen LogP contribution in [0.4, 0.5) is 11.5 Å². The number of hydrogen-bond acceptors (Lipinski definition) is 5. The Morgan fingerprint density at radius 3 is 2.65 bits per heavy atom. The van der Waals surface area contributed by atoms with E-state index in [1.165, 1.54) is 6.42 Å². The first-order valence-electron chi connectivity index (χ1n) is 7.19. The summed E-state index contributed by atoms with van der Waals surface area (Å²) in [5, 5.41) is 18.6. The zero-order valence-electron chi connectivity index (χ0n) is 12.4. The highest BCUT2D eigenvalue weighted by Crippen LogP contribution is 2.29. The Kier molecular flexibility index (Phi) is 4.59. The minimum atomic E-state index is -0.350. The van der Waals surface area contributed by atoms with E-state index in [1.807, 2.05) is 0 Å². The fourth-order valence-corrected chi connectivity index (χ4v) is 2.84. The molecule has 1 aliphatic heterocycles. The standard InChI is InChI=1S/C13H23N5O2/c1-4-7-17-8-5-11(6-9-17)14-13-12(18(19)20)10(2)15-16(13)3/h11,14H,4-9H2,1-3H3. The predicted molar refractivity (Wildman–Crippen MR) is 78.0 cm³/mol. The third kappa shape index (κ3) is 3.09. The maximum Gasteiger partial charge on any atom is 0.333 e. The van der Waals surface area contributed by atoms with Crippen LogP contribution in [0.25, 0.3) is 0 Å². The molecule has 112 valence electrons. The normalized spacial score (nSPS) is 17.4. The van der Waals surface area contributed by atoms with Crippen LogP contribution in [0.15, 0.2) is 0 Å². The fourth-order valence-electron chi connectivity index (χ4n) is 2.84. The van der Waals surface area contributed by atoms with E-state index in [1.54, 1.807) is 18.7 Å². The van der Waals surface area contributed by atoms with Crippen molar-refractivity contribution >= 4 is 11.5 Å². The van der Waals surface area contributed by atoms with Crippen LogP contribution in [0.3, 0.4) is 0 Å². The molecule has 1 N–H and O–H groups in total. The lowest BCUT2D eigenvalue weighted by Crippen LogP contribution is -2.39. The monoisotopic (exact) mass is 281 g/mol. The van der Waals surface area contributed by atoms with Gasteiger partial charge in [0.05, 0.1) is 4.92 Å². The Morgan fingerprint density at radius 2 is 2.10 bits per heavy atom. The molecule has 0 atom stereocenters. The van der Waals surface area contributed by atoms with Crippen molar-refractivity contribution in [3.05, 3.63) is 15.8 Å². The molecule has 2 rings (SSSR count). The van der Waals surface area contributed by atoms with E-state index >= 15 is 0 Å². The number of nitrogens with zero attached hydrogens (tertiary/aromatic N) is 4. The number of anilines is 1. The van der Waals surface area contributed by atoms with Crippen LogP contribution in [0.2, 0.25) is 0 Å². The third-order valence-electron chi connectivity index (χ3n) is 3.84. The number of rotatable bonds is 5. The summed E-state index contributed by atoms with van der Waals surface area (Å²) < 4.78 is 1.58. The molecule has 7 heteroatoms. The molecule has 20 heavy (non-hydrogen) atoms. The van der Waals surface area contributed by atoms with Crippen LogP contribution in [0.1, 0.15) is 31.9 Å². The van der Waals surface area contributed by atoms with E-state index in [0.717, 1.165) is 32.5 Å². The highest BCUT2D eigenvalue weighted by atomic mass is 16.6. The first kappa shape index (κ1) is 14.8. The second-order valence-electron chi connectivity index (χ2n) is 5.42. The molecule has 2 heterocycles. The van der Waals surface area contributed by atoms with Gasteiger partial charge in [-0.3, -0.25) is 10.1 Å². The molecule has 7 nitrogen and oxygen atoms in total. The second kappa shape index (κ2) is 6.21. The van der Waals surface area contributed by atoms with Gasteiger partial charge in [0.15, 0.2) is 0 Å². The Bertz CT molecular complexity index is 477. The fraction of sp³-hybridized carbons (Fsp3) is 0.769. The summed E-state index contributed by atoms with van der Waals surface area (Å²) in [5.74, 6) is 0.529. The van der Waals surface area contributed by atoms with Crippen LogP contribution >= 0.6 is 0 Å². The minimum absolute atomic E-state index is 0.100. The van der Waals surface area contributed by atoms with Crippen molar-refractivity contribution in [1.82, 2.24) is 14.7 Å². The van der Waals surface area contributed by atoms with E-state index in [-0.39, 0.29) is 16.7 Å². The van der Waals surface area contributed by atoms with Crippen LogP contribution < -0.4 is 5.32 Å². The summed E-state index contributed by atoms with van der Waals surface area (Å²) in [6.07, 6.45) is 3.20. The van der Waals surface area contributed by atoms with Gasteiger partial charge in [-0.2, -0.15) is 5.10 Å². The SMILES string of the molecule is CCCN1CCC(Nc2c([N+](=O)[O-])c(C)nn2C)CC1. The van der Waals surface area contributed by atoms with Crippen LogP contribution in [-0.4, -0.2) is 45.3 Å². The van der Waals surface area contributed by atoms with Gasteiger partial charge in [-0.05, 0) is 32.7 Å². The zero-order valence-corrected chi connectivity index (χ0v) is 12.4. The Labute approximate surface area is 119 Å². The summed E-state index contributed by atoms with van der Waals surface area (Å²) in [6, 6.07) is 0.289. The van der Waals surface area contributed by atoms with Gasteiger partial charge in [-0.1, -0.05) is 6.92 Å². The summed E-state index contributed by atoms with van der Waals surface area (Å²) in [4.78, 5) is 13.2. The third-order valence-corrected chi connectivity index (χ3v) is 3.84. The molecule has 0 aromatic carbocycles. The van der Waals surface area contributed by atoms with Crippen LogP contribution in [0, 0.1) is 17.0 Å². The van der Waals surface area contributed by atoms with Gasteiger partial charge in [-0.15, -0.1) is 0 Å². The number of aryl methyl sites for hydroxylation is 2. The molecule has 1 saturated heterocycles. The first-order valence-corrected chi connectivity index (χ1v) is 7.19. The molecular weight excluding hydrogens is 258 g/mol. The molecule has 0 saturated carbocycles. The average molecular weight is 281 g/mol. The van der Waals surface area contributed by atoms with Gasteiger partial charge in [0.2, 0.25) is 5.82 Å². The summed E-state index contributed by atoms with van der Waals surface area (Å²) in [6.45, 7) is 7.10. The van der Waals surface area contributed by atoms with Crippen molar-refractivity contribution in [3.8, 4) is 0 Å². The molecule has 0 unspecified atom stereocenters. The Balaban J connectivity index is 2.03. The highest BCUT2D eigenvalue weighted by Gasteiger charge is 2.27. The van der Waals surface area contributed by atoms with Crippen molar-refractivity contribution < 1.29 is 4.92 Å². The molecule has 0 aliphatic carbocycles. The number of nitro groups is 1. The van der Waals surface area contributed by atoms with Gasteiger partial charge in [0.1, 0.15) is 5.69 Å². The molecule has 0 spiro atoms. The number of piperidine rings is 1. The van der Waals surface area contributed by atoms with Crippen molar-refractivity contribution in [2.24, 2.45) is 7.05 Å². The molecule has 1 aromatic heterocycles. The van der Waals surface area contributed by atoms with Gasteiger partial charge >= 0.3 is 5.69 Å². The van der Waals surface area contributed by atoms with Crippen molar-refractivity contribution in [2.75, 3.05) is 25.0 Å². The number of hydrogen-bond donors (Lipinski definition) is 1. The molecular formula is C13H23N5O2. The van der Waals surface area contributed by atoms with Crippen LogP contribution in [0.5, 0.6) is 0 Å². The first-order chi connectivity index (χ1) is 9.52. The summed E-state index contributed by atoms with van der Waals surface area (Å²) >= 11 is 0. The van der Waals surface area contributed by atoms with Gasteiger partial charge in [-0.25, -0.2) is 4.68 Å². The summed E-state index contributed by atoms with van der Waals surface area (Å²) in [7, 11) is 1.74. The van der Waals surface area contributed by atoms with Crippen molar-refractivity contribution in [2.45, 2.75) is 39.2 Å². The number of nitrogens with one attached hydrogen (secondary N) is 1. The molecule has 0 bridgehead atoms. The lowest BCUT2D eigenvalue weighted by atomic mass is 10.0. The molecule has 1 aromatic rings. The number of aromatic nitrogens is 2. The highest BCUT2D eigenvalue weighted by molar-refractivity contribution is 5.59.